The molecule has 1 unspecified atom stereocenters. The molecule has 2 saturated heterocycles. The molecule has 4 heterocycles. The van der Waals surface area contributed by atoms with Gasteiger partial charge in [0.1, 0.15) is 11.4 Å². The lowest BCUT2D eigenvalue weighted by molar-refractivity contribution is -0.194. The lowest BCUT2D eigenvalue weighted by Crippen LogP contribution is -2.69. The molecule has 2 aromatic heterocycles. The van der Waals surface area contributed by atoms with Crippen LogP contribution in [-0.4, -0.2) is 72.3 Å². The van der Waals surface area contributed by atoms with E-state index in [1.54, 1.807) is 13.2 Å². The van der Waals surface area contributed by atoms with E-state index in [1.807, 2.05) is 37.3 Å². The maximum Gasteiger partial charge on any atom is 0.129 e. The van der Waals surface area contributed by atoms with Crippen LogP contribution in [0.1, 0.15) is 17.0 Å². The Bertz CT molecular complexity index is 850. The highest BCUT2D eigenvalue weighted by Gasteiger charge is 2.45. The molecule has 0 amide bonds. The van der Waals surface area contributed by atoms with Gasteiger partial charge in [0.05, 0.1) is 30.7 Å². The van der Waals surface area contributed by atoms with Crippen molar-refractivity contribution in [3.63, 3.8) is 0 Å². The Morgan fingerprint density at radius 3 is 2.89 bits per heavy atom. The van der Waals surface area contributed by atoms with E-state index in [2.05, 4.69) is 20.2 Å². The van der Waals surface area contributed by atoms with Crippen LogP contribution in [0.2, 0.25) is 0 Å². The zero-order chi connectivity index (χ0) is 18.9. The van der Waals surface area contributed by atoms with Gasteiger partial charge in [-0.1, -0.05) is 6.07 Å². The van der Waals surface area contributed by atoms with E-state index < -0.39 is 5.60 Å². The monoisotopic (exact) mass is 367 g/mol. The second kappa shape index (κ2) is 7.34. The molecule has 2 N–H and O–H groups in total. The van der Waals surface area contributed by atoms with Crippen LogP contribution in [0.4, 0.5) is 5.82 Å². The summed E-state index contributed by atoms with van der Waals surface area (Å²) in [5.41, 5.74) is 2.80. The maximum atomic E-state index is 10.6. The van der Waals surface area contributed by atoms with E-state index in [0.29, 0.717) is 19.8 Å². The number of rotatable bonds is 4. The van der Waals surface area contributed by atoms with Gasteiger partial charge in [-0.3, -0.25) is 9.98 Å². The minimum absolute atomic E-state index is 0.0228. The van der Waals surface area contributed by atoms with Crippen LogP contribution in [0, 0.1) is 6.92 Å². The SMILES string of the molecule is CN=C(c1cccc(N2CCNC(C3(O)COC3)C2)n1)c1cccnc1C. The molecule has 2 aliphatic rings. The van der Waals surface area contributed by atoms with Crippen LogP contribution in [-0.2, 0) is 4.74 Å². The Morgan fingerprint density at radius 1 is 1.33 bits per heavy atom. The third-order valence-electron chi connectivity index (χ3n) is 5.31. The summed E-state index contributed by atoms with van der Waals surface area (Å²) < 4.78 is 5.21. The molecule has 1 atom stereocenters. The zero-order valence-electron chi connectivity index (χ0n) is 15.7. The number of piperazine rings is 1. The van der Waals surface area contributed by atoms with Gasteiger partial charge >= 0.3 is 0 Å². The number of aromatic nitrogens is 2. The molecule has 7 nitrogen and oxygen atoms in total. The molecule has 27 heavy (non-hydrogen) atoms. The topological polar surface area (TPSA) is 82.9 Å². The Hall–Kier alpha value is -2.35. The maximum absolute atomic E-state index is 10.6. The molecule has 0 radical (unpaired) electrons. The average Bonchev–Trinajstić information content (AvgIpc) is 2.68. The van der Waals surface area contributed by atoms with Gasteiger partial charge in [-0.05, 0) is 31.2 Å². The lowest BCUT2D eigenvalue weighted by atomic mass is 9.90. The fourth-order valence-corrected chi connectivity index (χ4v) is 3.67. The van der Waals surface area contributed by atoms with Crippen molar-refractivity contribution >= 4 is 11.5 Å². The van der Waals surface area contributed by atoms with E-state index in [-0.39, 0.29) is 6.04 Å². The quantitative estimate of drug-likeness (QED) is 0.778. The van der Waals surface area contributed by atoms with Crippen molar-refractivity contribution < 1.29 is 9.84 Å². The van der Waals surface area contributed by atoms with Gasteiger partial charge in [0, 0.05) is 44.1 Å². The molecule has 142 valence electrons. The molecule has 2 aromatic rings. The molecule has 0 bridgehead atoms. The third kappa shape index (κ3) is 3.45. The summed E-state index contributed by atoms with van der Waals surface area (Å²) in [6.45, 7) is 5.09. The first-order chi connectivity index (χ1) is 13.1. The van der Waals surface area contributed by atoms with Crippen molar-refractivity contribution in [3.05, 3.63) is 53.5 Å². The number of hydrogen-bond donors (Lipinski definition) is 2. The molecule has 2 fully saturated rings. The Kier molecular flexibility index (Phi) is 4.90. The molecule has 7 heteroatoms. The van der Waals surface area contributed by atoms with Crippen molar-refractivity contribution in [1.82, 2.24) is 15.3 Å². The zero-order valence-corrected chi connectivity index (χ0v) is 15.7. The van der Waals surface area contributed by atoms with Crippen LogP contribution in [0.15, 0.2) is 41.5 Å². The van der Waals surface area contributed by atoms with Crippen LogP contribution in [0.5, 0.6) is 0 Å². The fourth-order valence-electron chi connectivity index (χ4n) is 3.67. The summed E-state index contributed by atoms with van der Waals surface area (Å²) in [6.07, 6.45) is 1.78. The van der Waals surface area contributed by atoms with Crippen molar-refractivity contribution in [2.24, 2.45) is 4.99 Å². The smallest absolute Gasteiger partial charge is 0.129 e. The molecular formula is C20H25N5O2. The summed E-state index contributed by atoms with van der Waals surface area (Å²) in [5.74, 6) is 0.894. The minimum atomic E-state index is -0.779. The summed E-state index contributed by atoms with van der Waals surface area (Å²) in [5, 5.41) is 14.0. The number of aliphatic imine (C=N–C) groups is 1. The average molecular weight is 367 g/mol. The molecule has 0 spiro atoms. The van der Waals surface area contributed by atoms with Gasteiger partial charge < -0.3 is 20.1 Å². The highest BCUT2D eigenvalue weighted by molar-refractivity contribution is 6.12. The molecule has 4 rings (SSSR count). The van der Waals surface area contributed by atoms with E-state index in [4.69, 9.17) is 9.72 Å². The van der Waals surface area contributed by atoms with Crippen molar-refractivity contribution in [2.45, 2.75) is 18.6 Å². The van der Waals surface area contributed by atoms with Crippen molar-refractivity contribution in [3.8, 4) is 0 Å². The molecular weight excluding hydrogens is 342 g/mol. The van der Waals surface area contributed by atoms with Gasteiger partial charge in [0.25, 0.3) is 0 Å². The number of nitrogens with zero attached hydrogens (tertiary/aromatic N) is 4. The van der Waals surface area contributed by atoms with Gasteiger partial charge in [0.2, 0.25) is 0 Å². The van der Waals surface area contributed by atoms with Crippen molar-refractivity contribution in [1.29, 1.82) is 0 Å². The predicted molar refractivity (Wildman–Crippen MR) is 105 cm³/mol. The number of aryl methyl sites for hydroxylation is 1. The van der Waals surface area contributed by atoms with Gasteiger partial charge in [-0.2, -0.15) is 0 Å². The van der Waals surface area contributed by atoms with Gasteiger partial charge in [-0.25, -0.2) is 4.98 Å². The fraction of sp³-hybridized carbons (Fsp3) is 0.450. The van der Waals surface area contributed by atoms with Crippen LogP contribution >= 0.6 is 0 Å². The van der Waals surface area contributed by atoms with Crippen LogP contribution in [0.25, 0.3) is 0 Å². The first-order valence-electron chi connectivity index (χ1n) is 9.25. The second-order valence-electron chi connectivity index (χ2n) is 7.14. The first kappa shape index (κ1) is 18.0. The second-order valence-corrected chi connectivity index (χ2v) is 7.14. The highest BCUT2D eigenvalue weighted by atomic mass is 16.5. The van der Waals surface area contributed by atoms with Gasteiger partial charge in [-0.15, -0.1) is 0 Å². The number of nitrogens with one attached hydrogen (secondary N) is 1. The Balaban J connectivity index is 1.60. The van der Waals surface area contributed by atoms with Gasteiger partial charge in [0.15, 0.2) is 0 Å². The molecule has 2 aliphatic heterocycles. The summed E-state index contributed by atoms with van der Waals surface area (Å²) in [6, 6.07) is 9.91. The number of ether oxygens (including phenoxy) is 1. The molecule has 0 aromatic carbocycles. The number of aliphatic hydroxyl groups is 1. The summed E-state index contributed by atoms with van der Waals surface area (Å²) in [4.78, 5) is 15.9. The van der Waals surface area contributed by atoms with E-state index in [9.17, 15) is 5.11 Å². The van der Waals surface area contributed by atoms with Crippen molar-refractivity contribution in [2.75, 3.05) is 44.8 Å². The minimum Gasteiger partial charge on any atom is -0.383 e. The number of hydrogen-bond acceptors (Lipinski definition) is 7. The van der Waals surface area contributed by atoms with E-state index >= 15 is 0 Å². The Labute approximate surface area is 159 Å². The van der Waals surface area contributed by atoms with Crippen LogP contribution < -0.4 is 10.2 Å². The highest BCUT2D eigenvalue weighted by Crippen LogP contribution is 2.25. The molecule has 0 aliphatic carbocycles. The Morgan fingerprint density at radius 2 is 2.19 bits per heavy atom. The predicted octanol–water partition coefficient (Wildman–Crippen LogP) is 0.792. The third-order valence-corrected chi connectivity index (χ3v) is 5.31. The van der Waals surface area contributed by atoms with E-state index in [1.165, 1.54) is 0 Å². The normalized spacial score (nSPS) is 22.4. The van der Waals surface area contributed by atoms with E-state index in [0.717, 1.165) is 41.6 Å². The first-order valence-corrected chi connectivity index (χ1v) is 9.25. The standard InChI is InChI=1S/C20H25N5O2/c1-14-15(5-4-8-22-14)19(21-2)16-6-3-7-18(24-16)25-10-9-23-17(11-25)20(26)12-27-13-20/h3-8,17,23,26H,9-13H2,1-2H3. The summed E-state index contributed by atoms with van der Waals surface area (Å²) in [7, 11) is 1.78. The number of pyridine rings is 2. The largest absolute Gasteiger partial charge is 0.383 e. The molecule has 0 saturated carbocycles. The number of anilines is 1. The summed E-state index contributed by atoms with van der Waals surface area (Å²) >= 11 is 0. The van der Waals surface area contributed by atoms with Crippen LogP contribution in [0.3, 0.4) is 0 Å². The lowest BCUT2D eigenvalue weighted by Gasteiger charge is -2.47.